The zero-order valence-electron chi connectivity index (χ0n) is 8.63. The number of hydrogen-bond acceptors (Lipinski definition) is 2. The second kappa shape index (κ2) is 5.74. The van der Waals surface area contributed by atoms with Crippen LogP contribution in [0.2, 0.25) is 10.0 Å². The van der Waals surface area contributed by atoms with E-state index in [0.29, 0.717) is 15.6 Å². The van der Waals surface area contributed by atoms with E-state index < -0.39 is 0 Å². The van der Waals surface area contributed by atoms with Gasteiger partial charge in [-0.25, -0.2) is 0 Å². The highest BCUT2D eigenvalue weighted by molar-refractivity contribution is 6.35. The second-order valence-corrected chi connectivity index (χ2v) is 4.27. The fourth-order valence-corrected chi connectivity index (χ4v) is 1.71. The summed E-state index contributed by atoms with van der Waals surface area (Å²) in [6.07, 6.45) is 0.264. The van der Waals surface area contributed by atoms with Gasteiger partial charge < -0.3 is 5.32 Å². The SMILES string of the molecule is CC(CC#N)NC(=O)c1cc(Cl)cc(Cl)c1. The van der Waals surface area contributed by atoms with Crippen molar-refractivity contribution in [3.63, 3.8) is 0 Å². The molecule has 1 N–H and O–H groups in total. The highest BCUT2D eigenvalue weighted by Gasteiger charge is 2.10. The summed E-state index contributed by atoms with van der Waals surface area (Å²) in [5.41, 5.74) is 0.391. The molecule has 1 aromatic carbocycles. The normalized spacial score (nSPS) is 11.6. The van der Waals surface area contributed by atoms with Crippen molar-refractivity contribution in [2.75, 3.05) is 0 Å². The Balaban J connectivity index is 2.77. The minimum Gasteiger partial charge on any atom is -0.349 e. The van der Waals surface area contributed by atoms with Gasteiger partial charge in [-0.3, -0.25) is 4.79 Å². The van der Waals surface area contributed by atoms with Crippen molar-refractivity contribution in [1.29, 1.82) is 5.26 Å². The molecule has 0 saturated carbocycles. The van der Waals surface area contributed by atoms with Crippen molar-refractivity contribution in [2.24, 2.45) is 0 Å². The molecule has 16 heavy (non-hydrogen) atoms. The van der Waals surface area contributed by atoms with Gasteiger partial charge in [-0.05, 0) is 25.1 Å². The molecule has 0 aliphatic rings. The molecule has 0 heterocycles. The standard InChI is InChI=1S/C11H10Cl2N2O/c1-7(2-3-14)15-11(16)8-4-9(12)6-10(13)5-8/h4-7H,2H2,1H3,(H,15,16). The molecule has 1 unspecified atom stereocenters. The van der Waals surface area contributed by atoms with Crippen molar-refractivity contribution < 1.29 is 4.79 Å². The fraction of sp³-hybridized carbons (Fsp3) is 0.273. The summed E-state index contributed by atoms with van der Waals surface area (Å²) in [6, 6.07) is 6.39. The van der Waals surface area contributed by atoms with Crippen molar-refractivity contribution in [2.45, 2.75) is 19.4 Å². The first-order valence-corrected chi connectivity index (χ1v) is 5.42. The maximum atomic E-state index is 11.7. The smallest absolute Gasteiger partial charge is 0.251 e. The minimum atomic E-state index is -0.285. The summed E-state index contributed by atoms with van der Waals surface area (Å²) in [4.78, 5) is 11.7. The summed E-state index contributed by atoms with van der Waals surface area (Å²) >= 11 is 11.6. The molecule has 0 bridgehead atoms. The van der Waals surface area contributed by atoms with Crippen molar-refractivity contribution in [1.82, 2.24) is 5.32 Å². The van der Waals surface area contributed by atoms with Gasteiger partial charge in [0.1, 0.15) is 0 Å². The van der Waals surface area contributed by atoms with E-state index in [1.165, 1.54) is 12.1 Å². The molecule has 84 valence electrons. The highest BCUT2D eigenvalue weighted by atomic mass is 35.5. The third-order valence-corrected chi connectivity index (χ3v) is 2.34. The number of amides is 1. The monoisotopic (exact) mass is 256 g/mol. The van der Waals surface area contributed by atoms with E-state index in [1.807, 2.05) is 6.07 Å². The van der Waals surface area contributed by atoms with Crippen molar-refractivity contribution in [3.05, 3.63) is 33.8 Å². The van der Waals surface area contributed by atoms with Crippen LogP contribution >= 0.6 is 23.2 Å². The summed E-state index contributed by atoms with van der Waals surface area (Å²) < 4.78 is 0. The van der Waals surface area contributed by atoms with E-state index in [2.05, 4.69) is 5.32 Å². The first kappa shape index (κ1) is 12.8. The van der Waals surface area contributed by atoms with Gasteiger partial charge in [0.15, 0.2) is 0 Å². The Kier molecular flexibility index (Phi) is 4.60. The van der Waals surface area contributed by atoms with Crippen LogP contribution in [0.15, 0.2) is 18.2 Å². The number of halogens is 2. The van der Waals surface area contributed by atoms with E-state index in [9.17, 15) is 4.79 Å². The number of carbonyl (C=O) groups is 1. The summed E-state index contributed by atoms with van der Waals surface area (Å²) in [5.74, 6) is -0.285. The van der Waals surface area contributed by atoms with E-state index >= 15 is 0 Å². The predicted molar refractivity (Wildman–Crippen MR) is 63.6 cm³/mol. The van der Waals surface area contributed by atoms with E-state index in [1.54, 1.807) is 13.0 Å². The second-order valence-electron chi connectivity index (χ2n) is 3.39. The lowest BCUT2D eigenvalue weighted by atomic mass is 10.2. The molecule has 0 aliphatic carbocycles. The Morgan fingerprint density at radius 3 is 2.50 bits per heavy atom. The first-order chi connectivity index (χ1) is 7.52. The average molecular weight is 257 g/mol. The molecule has 5 heteroatoms. The van der Waals surface area contributed by atoms with E-state index in [-0.39, 0.29) is 18.4 Å². The Bertz CT molecular complexity index is 420. The van der Waals surface area contributed by atoms with Gasteiger partial charge in [-0.1, -0.05) is 23.2 Å². The number of carbonyl (C=O) groups excluding carboxylic acids is 1. The lowest BCUT2D eigenvalue weighted by Gasteiger charge is -2.10. The average Bonchev–Trinajstić information content (AvgIpc) is 2.16. The Morgan fingerprint density at radius 1 is 1.44 bits per heavy atom. The van der Waals surface area contributed by atoms with Crippen molar-refractivity contribution in [3.8, 4) is 6.07 Å². The first-order valence-electron chi connectivity index (χ1n) is 4.67. The molecule has 1 amide bonds. The van der Waals surface area contributed by atoms with Gasteiger partial charge in [-0.2, -0.15) is 5.26 Å². The van der Waals surface area contributed by atoms with Crippen LogP contribution in [0.3, 0.4) is 0 Å². The van der Waals surface area contributed by atoms with Gasteiger partial charge >= 0.3 is 0 Å². The van der Waals surface area contributed by atoms with Crippen LogP contribution < -0.4 is 5.32 Å². The van der Waals surface area contributed by atoms with Gasteiger partial charge in [0.25, 0.3) is 5.91 Å². The van der Waals surface area contributed by atoms with Gasteiger partial charge in [0.05, 0.1) is 12.5 Å². The van der Waals surface area contributed by atoms with Crippen molar-refractivity contribution >= 4 is 29.1 Å². The van der Waals surface area contributed by atoms with Crippen LogP contribution in [-0.2, 0) is 0 Å². The molecule has 0 aliphatic heterocycles. The van der Waals surface area contributed by atoms with E-state index in [4.69, 9.17) is 28.5 Å². The van der Waals surface area contributed by atoms with Gasteiger partial charge in [0, 0.05) is 21.7 Å². The zero-order chi connectivity index (χ0) is 12.1. The van der Waals surface area contributed by atoms with Crippen LogP contribution in [0.4, 0.5) is 0 Å². The topological polar surface area (TPSA) is 52.9 Å². The van der Waals surface area contributed by atoms with Gasteiger partial charge in [0.2, 0.25) is 0 Å². The number of rotatable bonds is 3. The Labute approximate surface area is 104 Å². The predicted octanol–water partition coefficient (Wildman–Crippen LogP) is 3.03. The van der Waals surface area contributed by atoms with Crippen LogP contribution in [0, 0.1) is 11.3 Å². The Morgan fingerprint density at radius 2 is 2.00 bits per heavy atom. The molecular weight excluding hydrogens is 247 g/mol. The molecule has 0 saturated heterocycles. The summed E-state index contributed by atoms with van der Waals surface area (Å²) in [6.45, 7) is 1.76. The van der Waals surface area contributed by atoms with Gasteiger partial charge in [-0.15, -0.1) is 0 Å². The minimum absolute atomic E-state index is 0.199. The number of nitriles is 1. The quantitative estimate of drug-likeness (QED) is 0.904. The van der Waals surface area contributed by atoms with Crippen LogP contribution in [0.25, 0.3) is 0 Å². The van der Waals surface area contributed by atoms with Crippen LogP contribution in [-0.4, -0.2) is 11.9 Å². The molecule has 0 radical (unpaired) electrons. The number of nitrogens with zero attached hydrogens (tertiary/aromatic N) is 1. The lowest BCUT2D eigenvalue weighted by Crippen LogP contribution is -2.32. The number of nitrogens with one attached hydrogen (secondary N) is 1. The highest BCUT2D eigenvalue weighted by Crippen LogP contribution is 2.19. The fourth-order valence-electron chi connectivity index (χ4n) is 1.18. The van der Waals surface area contributed by atoms with Crippen LogP contribution in [0.1, 0.15) is 23.7 Å². The number of hydrogen-bond donors (Lipinski definition) is 1. The Hall–Kier alpha value is -1.24. The van der Waals surface area contributed by atoms with Crippen LogP contribution in [0.5, 0.6) is 0 Å². The molecule has 0 fully saturated rings. The maximum Gasteiger partial charge on any atom is 0.251 e. The molecule has 1 rings (SSSR count). The number of benzene rings is 1. The maximum absolute atomic E-state index is 11.7. The zero-order valence-corrected chi connectivity index (χ0v) is 10.1. The third kappa shape index (κ3) is 3.73. The third-order valence-electron chi connectivity index (χ3n) is 1.90. The molecule has 1 aromatic rings. The molecule has 3 nitrogen and oxygen atoms in total. The molecular formula is C11H10Cl2N2O. The largest absolute Gasteiger partial charge is 0.349 e. The summed E-state index contributed by atoms with van der Waals surface area (Å²) in [5, 5.41) is 12.0. The molecule has 0 spiro atoms. The summed E-state index contributed by atoms with van der Waals surface area (Å²) in [7, 11) is 0. The molecule has 1 atom stereocenters. The molecule has 0 aromatic heterocycles. The lowest BCUT2D eigenvalue weighted by molar-refractivity contribution is 0.0941. The van der Waals surface area contributed by atoms with E-state index in [0.717, 1.165) is 0 Å².